The second-order valence-corrected chi connectivity index (χ2v) is 22.3. The van der Waals surface area contributed by atoms with Crippen LogP contribution in [-0.4, -0.2) is 57.8 Å². The highest BCUT2D eigenvalue weighted by Gasteiger charge is 2.78. The lowest BCUT2D eigenvalue weighted by Crippen LogP contribution is -2.80. The van der Waals surface area contributed by atoms with Crippen LogP contribution in [0.2, 0.25) is 0 Å². The highest BCUT2D eigenvalue weighted by molar-refractivity contribution is 5.85. The van der Waals surface area contributed by atoms with Crippen LogP contribution < -0.4 is 0 Å². The van der Waals surface area contributed by atoms with E-state index in [1.54, 1.807) is 0 Å². The van der Waals surface area contributed by atoms with Crippen molar-refractivity contribution in [2.45, 2.75) is 167 Å². The molecule has 0 unspecified atom stereocenters. The van der Waals surface area contributed by atoms with Crippen LogP contribution in [-0.2, 0) is 31.9 Å². The molecule has 1 spiro atoms. The van der Waals surface area contributed by atoms with Gasteiger partial charge in [-0.2, -0.15) is 0 Å². The molecular formula is C57H74O7. The van der Waals surface area contributed by atoms with Crippen LogP contribution in [0.15, 0.2) is 84.5 Å². The van der Waals surface area contributed by atoms with E-state index in [-0.39, 0.29) is 48.6 Å². The number of ether oxygens (including phenoxy) is 2. The SMILES string of the molecule is C[C@H](CCCc1ccccc1)C[C@@H]1/C=C/[C@H]2CC[C@H](Cc3ccccc3)C[C@]23CC#C[C@@]2(C)C[C@@H](OC3=O)[C@@H]3[C@]([C@H](O)CC[C@@]3(C)C3CCCCC3)([C@H]1O)[C@@]2(O)CCC1=CC(=O)OC1. The molecule has 0 amide bonds. The molecule has 9 rings (SSSR count). The maximum atomic E-state index is 15.8. The van der Waals surface area contributed by atoms with E-state index in [0.29, 0.717) is 38.5 Å². The Kier molecular flexibility index (Phi) is 12.9. The van der Waals surface area contributed by atoms with Gasteiger partial charge in [-0.1, -0.05) is 118 Å². The Morgan fingerprint density at radius 2 is 1.59 bits per heavy atom. The molecule has 3 N–H and O–H groups in total. The van der Waals surface area contributed by atoms with Crippen molar-refractivity contribution in [3.63, 3.8) is 0 Å². The Labute approximate surface area is 382 Å². The van der Waals surface area contributed by atoms with Crippen molar-refractivity contribution in [3.8, 4) is 11.8 Å². The van der Waals surface area contributed by atoms with Crippen molar-refractivity contribution in [1.82, 2.24) is 0 Å². The van der Waals surface area contributed by atoms with Gasteiger partial charge in [0.15, 0.2) is 0 Å². The second-order valence-electron chi connectivity index (χ2n) is 22.3. The summed E-state index contributed by atoms with van der Waals surface area (Å²) in [5.74, 6) is 6.44. The molecule has 344 valence electrons. The lowest BCUT2D eigenvalue weighted by atomic mass is 9.34. The van der Waals surface area contributed by atoms with Gasteiger partial charge >= 0.3 is 11.9 Å². The highest BCUT2D eigenvalue weighted by atomic mass is 16.5. The number of esters is 2. The van der Waals surface area contributed by atoms with Crippen molar-refractivity contribution in [2.24, 2.45) is 57.2 Å². The van der Waals surface area contributed by atoms with Crippen LogP contribution in [0.1, 0.15) is 141 Å². The number of fused-ring (bicyclic) bond motifs is 2. The maximum absolute atomic E-state index is 15.8. The second kappa shape index (κ2) is 18.2. The highest BCUT2D eigenvalue weighted by Crippen LogP contribution is 2.72. The Hall–Kier alpha value is -3.70. The van der Waals surface area contributed by atoms with Gasteiger partial charge in [0.1, 0.15) is 12.7 Å². The van der Waals surface area contributed by atoms with Crippen molar-refractivity contribution >= 4 is 11.9 Å². The van der Waals surface area contributed by atoms with Crippen LogP contribution in [0.3, 0.4) is 0 Å². The Balaban J connectivity index is 1.22. The first kappa shape index (κ1) is 45.5. The molecule has 3 heterocycles. The summed E-state index contributed by atoms with van der Waals surface area (Å²) < 4.78 is 12.7. The van der Waals surface area contributed by atoms with E-state index in [9.17, 15) is 20.1 Å². The zero-order chi connectivity index (χ0) is 44.7. The molecule has 4 bridgehead atoms. The van der Waals surface area contributed by atoms with E-state index in [0.717, 1.165) is 76.2 Å². The molecule has 3 aliphatic heterocycles. The molecule has 7 heteroatoms. The largest absolute Gasteiger partial charge is 0.462 e. The topological polar surface area (TPSA) is 113 Å². The fraction of sp³-hybridized carbons (Fsp3) is 0.649. The molecule has 0 radical (unpaired) electrons. The summed E-state index contributed by atoms with van der Waals surface area (Å²) in [6.45, 7) is 6.83. The third kappa shape index (κ3) is 7.94. The molecule has 0 saturated heterocycles. The number of cyclic esters (lactones) is 1. The first-order valence-corrected chi connectivity index (χ1v) is 25.2. The number of benzene rings is 2. The minimum absolute atomic E-state index is 0.134. The molecule has 2 aromatic rings. The molecule has 4 fully saturated rings. The van der Waals surface area contributed by atoms with E-state index >= 15 is 4.79 Å². The number of aliphatic hydroxyl groups is 3. The maximum Gasteiger partial charge on any atom is 0.331 e. The van der Waals surface area contributed by atoms with Crippen molar-refractivity contribution in [3.05, 3.63) is 95.6 Å². The van der Waals surface area contributed by atoms with Crippen LogP contribution in [0.4, 0.5) is 0 Å². The van der Waals surface area contributed by atoms with Crippen molar-refractivity contribution in [2.75, 3.05) is 6.61 Å². The van der Waals surface area contributed by atoms with Gasteiger partial charge in [0.2, 0.25) is 0 Å². The zero-order valence-corrected chi connectivity index (χ0v) is 38.8. The van der Waals surface area contributed by atoms with Gasteiger partial charge in [-0.3, -0.25) is 4.79 Å². The average molecular weight is 871 g/mol. The summed E-state index contributed by atoms with van der Waals surface area (Å²) in [6, 6.07) is 21.2. The van der Waals surface area contributed by atoms with Gasteiger partial charge in [0.25, 0.3) is 0 Å². The summed E-state index contributed by atoms with van der Waals surface area (Å²) in [6.07, 6.45) is 17.8. The van der Waals surface area contributed by atoms with Crippen LogP contribution in [0.5, 0.6) is 0 Å². The fourth-order valence-corrected chi connectivity index (χ4v) is 15.4. The van der Waals surface area contributed by atoms with E-state index in [1.807, 2.05) is 6.92 Å². The number of carbonyl (C=O) groups is 2. The third-order valence-corrected chi connectivity index (χ3v) is 18.6. The molecule has 64 heavy (non-hydrogen) atoms. The van der Waals surface area contributed by atoms with Crippen LogP contribution in [0.25, 0.3) is 0 Å². The number of hydrogen-bond acceptors (Lipinski definition) is 7. The summed E-state index contributed by atoms with van der Waals surface area (Å²) in [7, 11) is 0. The van der Waals surface area contributed by atoms with Gasteiger partial charge in [-0.15, -0.1) is 5.92 Å². The minimum atomic E-state index is -1.73. The van der Waals surface area contributed by atoms with E-state index in [4.69, 9.17) is 9.47 Å². The van der Waals surface area contributed by atoms with E-state index in [2.05, 4.69) is 98.5 Å². The molecule has 7 aliphatic rings. The van der Waals surface area contributed by atoms with Gasteiger partial charge in [-0.25, -0.2) is 4.79 Å². The first-order chi connectivity index (χ1) is 30.8. The lowest BCUT2D eigenvalue weighted by molar-refractivity contribution is -0.342. The molecular weight excluding hydrogens is 797 g/mol. The van der Waals surface area contributed by atoms with Gasteiger partial charge < -0.3 is 24.8 Å². The monoisotopic (exact) mass is 871 g/mol. The molecule has 7 nitrogen and oxygen atoms in total. The molecule has 2 aromatic carbocycles. The molecule has 13 atom stereocenters. The first-order valence-electron chi connectivity index (χ1n) is 25.2. The van der Waals surface area contributed by atoms with E-state index in [1.165, 1.54) is 23.6 Å². The number of hydrogen-bond donors (Lipinski definition) is 3. The van der Waals surface area contributed by atoms with Crippen LogP contribution in [0, 0.1) is 69.0 Å². The Bertz CT molecular complexity index is 2110. The van der Waals surface area contributed by atoms with Crippen LogP contribution >= 0.6 is 0 Å². The summed E-state index contributed by atoms with van der Waals surface area (Å²) in [4.78, 5) is 28.2. The average Bonchev–Trinajstić information content (AvgIpc) is 3.73. The number of aryl methyl sites for hydroxylation is 1. The summed E-state index contributed by atoms with van der Waals surface area (Å²) in [5, 5.41) is 41.8. The van der Waals surface area contributed by atoms with Gasteiger partial charge in [-0.05, 0) is 136 Å². The molecule has 4 saturated carbocycles. The number of carbonyl (C=O) groups excluding carboxylic acids is 2. The van der Waals surface area contributed by atoms with Crippen molar-refractivity contribution < 1.29 is 34.4 Å². The predicted octanol–water partition coefficient (Wildman–Crippen LogP) is 10.3. The third-order valence-electron chi connectivity index (χ3n) is 18.6. The van der Waals surface area contributed by atoms with Gasteiger partial charge in [0, 0.05) is 30.8 Å². The van der Waals surface area contributed by atoms with E-state index < -0.39 is 57.4 Å². The molecule has 0 aromatic heterocycles. The number of rotatable bonds is 12. The normalized spacial score (nSPS) is 40.5. The summed E-state index contributed by atoms with van der Waals surface area (Å²) >= 11 is 0. The summed E-state index contributed by atoms with van der Waals surface area (Å²) in [5.41, 5.74) is -2.39. The smallest absolute Gasteiger partial charge is 0.331 e. The number of allylic oxidation sites excluding steroid dienone is 1. The lowest BCUT2D eigenvalue weighted by Gasteiger charge is -2.72. The predicted molar refractivity (Wildman–Crippen MR) is 249 cm³/mol. The Morgan fingerprint density at radius 3 is 2.31 bits per heavy atom. The number of aliphatic hydroxyl groups excluding tert-OH is 2. The fourth-order valence-electron chi connectivity index (χ4n) is 15.4. The van der Waals surface area contributed by atoms with Crippen molar-refractivity contribution in [1.29, 1.82) is 0 Å². The minimum Gasteiger partial charge on any atom is -0.462 e. The van der Waals surface area contributed by atoms with Gasteiger partial charge in [0.05, 0.1) is 34.1 Å². The quantitative estimate of drug-likeness (QED) is 0.111. The zero-order valence-electron chi connectivity index (χ0n) is 38.8. The molecule has 4 aliphatic carbocycles. The Morgan fingerprint density at radius 1 is 0.859 bits per heavy atom. The standard InChI is InChI=1S/C57H74O7/c1-39(15-13-20-40-16-7-4-8-17-40)33-44-24-26-46-25-23-42(34-41-18-9-5-10-19-41)36-55(46)30-14-29-53(2)37-47(64-52(55)61)50-54(3,45-21-11-6-12-22-45)31-28-48(58)57(50,51(44)60)56(53,62)32-27-43-35-49(59)63-38-43/h4-5,7-10,16-19,24,26,35,39,42,44-48,50-51,58,60,62H,6,11-13,15,20-23,25,27-28,30-34,36-38H2,1-3H3/b26-24+/t39-,42-,44+,46-,47-,48-,50+,51+,53+,54+,55-,56-,57-/m1/s1.